The van der Waals surface area contributed by atoms with Crippen molar-refractivity contribution in [3.8, 4) is 5.75 Å². The summed E-state index contributed by atoms with van der Waals surface area (Å²) in [5, 5.41) is 28.0. The maximum atomic E-state index is 11.7. The molecule has 0 amide bonds. The fraction of sp³-hybridized carbons (Fsp3) is 0.286. The zero-order valence-electron chi connectivity index (χ0n) is 16.0. The summed E-state index contributed by atoms with van der Waals surface area (Å²) in [5.41, 5.74) is 3.71. The van der Waals surface area contributed by atoms with E-state index >= 15 is 0 Å². The minimum Gasteiger partial charge on any atom is -0.507 e. The summed E-state index contributed by atoms with van der Waals surface area (Å²) in [6, 6.07) is 6.78. The fourth-order valence-corrected chi connectivity index (χ4v) is 2.79. The number of hydrogen-bond acceptors (Lipinski definition) is 6. The van der Waals surface area contributed by atoms with Crippen molar-refractivity contribution >= 4 is 11.8 Å². The molecule has 6 nitrogen and oxygen atoms in total. The van der Waals surface area contributed by atoms with Gasteiger partial charge < -0.3 is 9.52 Å². The average Bonchev–Trinajstić information content (AvgIpc) is 2.62. The summed E-state index contributed by atoms with van der Waals surface area (Å²) in [6.07, 6.45) is 5.25. The Kier molecular flexibility index (Phi) is 6.60. The van der Waals surface area contributed by atoms with Crippen molar-refractivity contribution in [2.45, 2.75) is 40.5 Å². The van der Waals surface area contributed by atoms with Crippen molar-refractivity contribution in [3.05, 3.63) is 74.4 Å². The number of aryl methyl sites for hydroxylation is 1. The quantitative estimate of drug-likeness (QED) is 0.510. The Hall–Kier alpha value is -2.83. The molecule has 1 aromatic carbocycles. The highest BCUT2D eigenvalue weighted by atomic mass is 16.8. The standard InChI is InChI=1S/C21H25NO5/c1-13(5-10-19-15(3)20(23)16(4)21(24)27-19)11-14(2)12-17-6-8-18(9-7-17)22(25)26/h6-9,11-12,23,25-26H,5,10H2,1-4H3. The number of benzene rings is 1. The smallest absolute Gasteiger partial charge is 0.342 e. The van der Waals surface area contributed by atoms with Gasteiger partial charge >= 0.3 is 5.63 Å². The lowest BCUT2D eigenvalue weighted by Crippen LogP contribution is -2.10. The molecule has 0 spiro atoms. The Morgan fingerprint density at radius 2 is 1.74 bits per heavy atom. The molecule has 0 bridgehead atoms. The second-order valence-electron chi connectivity index (χ2n) is 6.67. The molecule has 2 rings (SSSR count). The topological polar surface area (TPSA) is 94.1 Å². The van der Waals surface area contributed by atoms with Gasteiger partial charge in [0, 0.05) is 12.0 Å². The molecule has 0 aliphatic rings. The Bertz CT molecular complexity index is 921. The number of nitrogens with zero attached hydrogens (tertiary/aromatic N) is 1. The molecule has 0 saturated heterocycles. The van der Waals surface area contributed by atoms with Gasteiger partial charge in [0.05, 0.1) is 11.3 Å². The molecule has 0 aliphatic carbocycles. The summed E-state index contributed by atoms with van der Waals surface area (Å²) >= 11 is 0. The van der Waals surface area contributed by atoms with Gasteiger partial charge in [0.1, 0.15) is 11.5 Å². The third kappa shape index (κ3) is 5.32. The summed E-state index contributed by atoms with van der Waals surface area (Å²) < 4.78 is 5.30. The van der Waals surface area contributed by atoms with E-state index in [9.17, 15) is 9.90 Å². The SMILES string of the molecule is CC(=Cc1ccc(N(O)O)cc1)C=C(C)CCc1oc(=O)c(C)c(O)c1C. The Morgan fingerprint density at radius 3 is 2.33 bits per heavy atom. The van der Waals surface area contributed by atoms with E-state index in [0.717, 1.165) is 16.7 Å². The zero-order chi connectivity index (χ0) is 20.1. The highest BCUT2D eigenvalue weighted by Crippen LogP contribution is 2.23. The van der Waals surface area contributed by atoms with Crippen LogP contribution in [0, 0.1) is 13.8 Å². The molecular weight excluding hydrogens is 346 g/mol. The van der Waals surface area contributed by atoms with E-state index in [-0.39, 0.29) is 22.2 Å². The lowest BCUT2D eigenvalue weighted by Gasteiger charge is -2.08. The predicted molar refractivity (Wildman–Crippen MR) is 104 cm³/mol. The van der Waals surface area contributed by atoms with Crippen LogP contribution in [-0.4, -0.2) is 15.5 Å². The van der Waals surface area contributed by atoms with Crippen LogP contribution in [0.25, 0.3) is 6.08 Å². The Morgan fingerprint density at radius 1 is 1.11 bits per heavy atom. The van der Waals surface area contributed by atoms with E-state index < -0.39 is 5.63 Å². The third-order valence-corrected chi connectivity index (χ3v) is 4.39. The van der Waals surface area contributed by atoms with E-state index in [1.165, 1.54) is 0 Å². The number of hydrogen-bond donors (Lipinski definition) is 3. The molecule has 0 unspecified atom stereocenters. The summed E-state index contributed by atoms with van der Waals surface area (Å²) in [7, 11) is 0. The van der Waals surface area contributed by atoms with Crippen LogP contribution >= 0.6 is 0 Å². The van der Waals surface area contributed by atoms with Crippen LogP contribution in [0.1, 0.15) is 42.7 Å². The fourth-order valence-electron chi connectivity index (χ4n) is 2.79. The normalized spacial score (nSPS) is 12.4. The van der Waals surface area contributed by atoms with Gasteiger partial charge in [-0.1, -0.05) is 35.4 Å². The molecular formula is C21H25NO5. The van der Waals surface area contributed by atoms with Crippen molar-refractivity contribution in [1.82, 2.24) is 0 Å². The predicted octanol–water partition coefficient (Wildman–Crippen LogP) is 4.53. The number of aromatic hydroxyl groups is 1. The van der Waals surface area contributed by atoms with E-state index in [1.807, 2.05) is 26.0 Å². The van der Waals surface area contributed by atoms with E-state index in [0.29, 0.717) is 24.2 Å². The second kappa shape index (κ2) is 8.70. The van der Waals surface area contributed by atoms with Gasteiger partial charge in [0.15, 0.2) is 0 Å². The Balaban J connectivity index is 2.08. The monoisotopic (exact) mass is 371 g/mol. The summed E-state index contributed by atoms with van der Waals surface area (Å²) in [6.45, 7) is 7.26. The second-order valence-corrected chi connectivity index (χ2v) is 6.67. The number of rotatable bonds is 6. The molecule has 6 heteroatoms. The zero-order valence-corrected chi connectivity index (χ0v) is 16.0. The van der Waals surface area contributed by atoms with Crippen molar-refractivity contribution in [2.75, 3.05) is 5.23 Å². The molecule has 0 radical (unpaired) electrons. The molecule has 0 aliphatic heterocycles. The van der Waals surface area contributed by atoms with E-state index in [4.69, 9.17) is 14.8 Å². The molecule has 1 heterocycles. The minimum atomic E-state index is -0.501. The van der Waals surface area contributed by atoms with Crippen LogP contribution in [-0.2, 0) is 6.42 Å². The van der Waals surface area contributed by atoms with Crippen molar-refractivity contribution in [2.24, 2.45) is 0 Å². The maximum Gasteiger partial charge on any atom is 0.342 e. The number of allylic oxidation sites excluding steroid dienone is 3. The largest absolute Gasteiger partial charge is 0.507 e. The molecule has 2 aromatic rings. The molecule has 0 fully saturated rings. The molecule has 0 atom stereocenters. The lowest BCUT2D eigenvalue weighted by molar-refractivity contribution is 0.0291. The van der Waals surface area contributed by atoms with E-state index in [1.54, 1.807) is 38.1 Å². The van der Waals surface area contributed by atoms with E-state index in [2.05, 4.69) is 0 Å². The first-order valence-corrected chi connectivity index (χ1v) is 8.64. The molecule has 1 aromatic heterocycles. The van der Waals surface area contributed by atoms with Gasteiger partial charge in [-0.25, -0.2) is 4.79 Å². The van der Waals surface area contributed by atoms with Crippen molar-refractivity contribution in [1.29, 1.82) is 0 Å². The average molecular weight is 371 g/mol. The van der Waals surface area contributed by atoms with Gasteiger partial charge in [0.25, 0.3) is 0 Å². The highest BCUT2D eigenvalue weighted by Gasteiger charge is 2.12. The first-order chi connectivity index (χ1) is 12.7. The maximum absolute atomic E-state index is 11.7. The van der Waals surface area contributed by atoms with Crippen LogP contribution in [0.5, 0.6) is 5.75 Å². The molecule has 3 N–H and O–H groups in total. The van der Waals surface area contributed by atoms with Crippen LogP contribution in [0.4, 0.5) is 5.69 Å². The first-order valence-electron chi connectivity index (χ1n) is 8.64. The van der Waals surface area contributed by atoms with Gasteiger partial charge in [-0.05, 0) is 51.8 Å². The third-order valence-electron chi connectivity index (χ3n) is 4.39. The van der Waals surface area contributed by atoms with Gasteiger partial charge in [-0.3, -0.25) is 10.4 Å². The lowest BCUT2D eigenvalue weighted by atomic mass is 10.0. The van der Waals surface area contributed by atoms with Crippen LogP contribution in [0.2, 0.25) is 0 Å². The van der Waals surface area contributed by atoms with Crippen LogP contribution in [0.3, 0.4) is 0 Å². The van der Waals surface area contributed by atoms with Gasteiger partial charge in [-0.15, -0.1) is 5.23 Å². The molecule has 144 valence electrons. The summed E-state index contributed by atoms with van der Waals surface area (Å²) in [4.78, 5) is 11.7. The summed E-state index contributed by atoms with van der Waals surface area (Å²) in [5.74, 6) is 0.511. The van der Waals surface area contributed by atoms with Crippen molar-refractivity contribution < 1.29 is 19.9 Å². The Labute approximate surface area is 158 Å². The van der Waals surface area contributed by atoms with Gasteiger partial charge in [-0.2, -0.15) is 0 Å². The molecule has 27 heavy (non-hydrogen) atoms. The first kappa shape index (κ1) is 20.5. The van der Waals surface area contributed by atoms with Gasteiger partial charge in [0.2, 0.25) is 0 Å². The number of anilines is 1. The van der Waals surface area contributed by atoms with Crippen LogP contribution < -0.4 is 10.9 Å². The molecule has 0 saturated carbocycles. The minimum absolute atomic E-state index is 0.00623. The highest BCUT2D eigenvalue weighted by molar-refractivity contribution is 5.58. The van der Waals surface area contributed by atoms with Crippen LogP contribution in [0.15, 0.2) is 50.7 Å². The van der Waals surface area contributed by atoms with Crippen molar-refractivity contribution in [3.63, 3.8) is 0 Å².